The molecule has 1 fully saturated rings. The third-order valence-electron chi connectivity index (χ3n) is 5.21. The van der Waals surface area contributed by atoms with Crippen molar-refractivity contribution in [2.45, 2.75) is 45.6 Å². The molecule has 144 valence electrons. The summed E-state index contributed by atoms with van der Waals surface area (Å²) >= 11 is 6.31. The summed E-state index contributed by atoms with van der Waals surface area (Å²) in [4.78, 5) is 24.8. The van der Waals surface area contributed by atoms with E-state index < -0.39 is 0 Å². The van der Waals surface area contributed by atoms with Gasteiger partial charge in [0.25, 0.3) is 5.56 Å². The number of nitrogens with one attached hydrogen (secondary N) is 1. The summed E-state index contributed by atoms with van der Waals surface area (Å²) in [6.45, 7) is 7.80. The van der Waals surface area contributed by atoms with Crippen molar-refractivity contribution in [3.8, 4) is 0 Å². The number of anilines is 1. The molecule has 0 spiro atoms. The lowest BCUT2D eigenvalue weighted by atomic mass is 10.1. The van der Waals surface area contributed by atoms with Crippen molar-refractivity contribution >= 4 is 17.5 Å². The minimum atomic E-state index is -0.0146. The van der Waals surface area contributed by atoms with Gasteiger partial charge >= 0.3 is 0 Å². The van der Waals surface area contributed by atoms with Gasteiger partial charge in [0, 0.05) is 43.3 Å². The van der Waals surface area contributed by atoms with E-state index in [-0.39, 0.29) is 17.8 Å². The van der Waals surface area contributed by atoms with Crippen LogP contribution in [0.2, 0.25) is 5.02 Å². The summed E-state index contributed by atoms with van der Waals surface area (Å²) in [6, 6.07) is 7.90. The second-order valence-corrected chi connectivity index (χ2v) is 7.94. The highest BCUT2D eigenvalue weighted by molar-refractivity contribution is 6.31. The zero-order valence-electron chi connectivity index (χ0n) is 15.7. The van der Waals surface area contributed by atoms with Gasteiger partial charge in [-0.05, 0) is 31.9 Å². The Bertz CT molecular complexity index is 875. The molecule has 6 nitrogen and oxygen atoms in total. The van der Waals surface area contributed by atoms with Crippen molar-refractivity contribution in [1.82, 2.24) is 14.9 Å². The van der Waals surface area contributed by atoms with Crippen molar-refractivity contribution < 1.29 is 4.74 Å². The summed E-state index contributed by atoms with van der Waals surface area (Å²) in [6.07, 6.45) is 0.941. The molecular formula is C20H25ClN4O2. The summed E-state index contributed by atoms with van der Waals surface area (Å²) in [7, 11) is 0. The fourth-order valence-corrected chi connectivity index (χ4v) is 4.18. The number of nitrogens with zero attached hydrogens (tertiary/aromatic N) is 3. The molecule has 2 atom stereocenters. The van der Waals surface area contributed by atoms with E-state index in [0.717, 1.165) is 48.0 Å². The number of H-pyrrole nitrogens is 1. The second kappa shape index (κ2) is 7.62. The maximum Gasteiger partial charge on any atom is 0.255 e. The van der Waals surface area contributed by atoms with Crippen LogP contribution in [0.15, 0.2) is 29.1 Å². The standard InChI is InChI=1S/C20H25ClN4O2/c1-13-9-25(10-14(2)27-13)20-22-18-12-24(8-7-16(18)19(26)23-20)11-15-5-3-4-6-17(15)21/h3-6,13-14H,7-12H2,1-2H3,(H,22,23,26)/t13-,14-/m0/s1. The first kappa shape index (κ1) is 18.5. The van der Waals surface area contributed by atoms with E-state index in [1.807, 2.05) is 38.1 Å². The Kier molecular flexibility index (Phi) is 5.21. The molecule has 0 aliphatic carbocycles. The van der Waals surface area contributed by atoms with Gasteiger partial charge in [0.1, 0.15) is 0 Å². The molecule has 1 saturated heterocycles. The Morgan fingerprint density at radius 1 is 1.26 bits per heavy atom. The summed E-state index contributed by atoms with van der Waals surface area (Å²) in [5.41, 5.74) is 2.77. The monoisotopic (exact) mass is 388 g/mol. The van der Waals surface area contributed by atoms with E-state index >= 15 is 0 Å². The number of hydrogen-bond acceptors (Lipinski definition) is 5. The van der Waals surface area contributed by atoms with Crippen molar-refractivity contribution in [3.05, 3.63) is 56.5 Å². The molecule has 0 saturated carbocycles. The van der Waals surface area contributed by atoms with Crippen molar-refractivity contribution in [1.29, 1.82) is 0 Å². The van der Waals surface area contributed by atoms with Crippen molar-refractivity contribution in [2.24, 2.45) is 0 Å². The Morgan fingerprint density at radius 3 is 2.74 bits per heavy atom. The second-order valence-electron chi connectivity index (χ2n) is 7.53. The van der Waals surface area contributed by atoms with Gasteiger partial charge in [0.15, 0.2) is 0 Å². The maximum atomic E-state index is 12.6. The molecule has 1 aromatic carbocycles. The van der Waals surface area contributed by atoms with Gasteiger partial charge in [0.2, 0.25) is 5.95 Å². The minimum absolute atomic E-state index is 0.0146. The fourth-order valence-electron chi connectivity index (χ4n) is 3.98. The summed E-state index contributed by atoms with van der Waals surface area (Å²) in [5.74, 6) is 0.653. The molecule has 2 aromatic rings. The molecule has 2 aliphatic heterocycles. The molecule has 2 aliphatic rings. The maximum absolute atomic E-state index is 12.6. The molecule has 3 heterocycles. The Balaban J connectivity index is 1.56. The van der Waals surface area contributed by atoms with Gasteiger partial charge in [-0.15, -0.1) is 0 Å². The van der Waals surface area contributed by atoms with E-state index in [4.69, 9.17) is 21.3 Å². The summed E-state index contributed by atoms with van der Waals surface area (Å²) in [5, 5.41) is 0.777. The smallest absolute Gasteiger partial charge is 0.255 e. The number of hydrogen-bond donors (Lipinski definition) is 1. The van der Waals surface area contributed by atoms with Gasteiger partial charge in [-0.3, -0.25) is 14.7 Å². The molecule has 0 radical (unpaired) electrons. The average Bonchev–Trinajstić information content (AvgIpc) is 2.62. The van der Waals surface area contributed by atoms with Gasteiger partial charge in [-0.1, -0.05) is 29.8 Å². The van der Waals surface area contributed by atoms with Gasteiger partial charge < -0.3 is 9.64 Å². The van der Waals surface area contributed by atoms with Crippen LogP contribution in [-0.4, -0.2) is 46.7 Å². The van der Waals surface area contributed by atoms with Crippen LogP contribution in [0, 0.1) is 0 Å². The zero-order chi connectivity index (χ0) is 19.0. The number of rotatable bonds is 3. The van der Waals surface area contributed by atoms with Crippen molar-refractivity contribution in [2.75, 3.05) is 24.5 Å². The van der Waals surface area contributed by atoms with Crippen LogP contribution < -0.4 is 10.5 Å². The number of aromatic nitrogens is 2. The highest BCUT2D eigenvalue weighted by atomic mass is 35.5. The van der Waals surface area contributed by atoms with Crippen LogP contribution in [0.4, 0.5) is 5.95 Å². The number of aromatic amines is 1. The van der Waals surface area contributed by atoms with E-state index in [2.05, 4.69) is 14.8 Å². The Hall–Kier alpha value is -1.89. The number of benzene rings is 1. The van der Waals surface area contributed by atoms with Crippen molar-refractivity contribution in [3.63, 3.8) is 0 Å². The van der Waals surface area contributed by atoms with E-state index in [9.17, 15) is 4.79 Å². The van der Waals surface area contributed by atoms with Gasteiger partial charge in [-0.25, -0.2) is 4.98 Å². The molecule has 0 unspecified atom stereocenters. The number of fused-ring (bicyclic) bond motifs is 1. The third kappa shape index (κ3) is 4.03. The van der Waals surface area contributed by atoms with E-state index in [1.54, 1.807) is 0 Å². The largest absolute Gasteiger partial charge is 0.372 e. The molecule has 7 heteroatoms. The van der Waals surface area contributed by atoms with Crippen LogP contribution >= 0.6 is 11.6 Å². The molecule has 1 N–H and O–H groups in total. The first-order valence-electron chi connectivity index (χ1n) is 9.48. The lowest BCUT2D eigenvalue weighted by Gasteiger charge is -2.36. The van der Waals surface area contributed by atoms with Crippen LogP contribution in [0.1, 0.15) is 30.7 Å². The van der Waals surface area contributed by atoms with E-state index in [1.165, 1.54) is 0 Å². The highest BCUT2D eigenvalue weighted by Crippen LogP contribution is 2.23. The Labute approximate surface area is 164 Å². The summed E-state index contributed by atoms with van der Waals surface area (Å²) < 4.78 is 5.79. The minimum Gasteiger partial charge on any atom is -0.372 e. The van der Waals surface area contributed by atoms with Crippen LogP contribution in [0.25, 0.3) is 0 Å². The van der Waals surface area contributed by atoms with Crippen LogP contribution in [0.3, 0.4) is 0 Å². The van der Waals surface area contributed by atoms with Crippen LogP contribution in [0.5, 0.6) is 0 Å². The van der Waals surface area contributed by atoms with E-state index in [0.29, 0.717) is 18.9 Å². The molecule has 27 heavy (non-hydrogen) atoms. The number of morpholine rings is 1. The molecule has 0 bridgehead atoms. The average molecular weight is 389 g/mol. The predicted molar refractivity (Wildman–Crippen MR) is 106 cm³/mol. The third-order valence-corrected chi connectivity index (χ3v) is 5.58. The lowest BCUT2D eigenvalue weighted by molar-refractivity contribution is -0.00576. The molecule has 0 amide bonds. The molecule has 1 aromatic heterocycles. The van der Waals surface area contributed by atoms with Crippen LogP contribution in [-0.2, 0) is 24.2 Å². The SMILES string of the molecule is C[C@H]1CN(c2nc3c(c(=O)[nH]2)CCN(Cc2ccccc2Cl)C3)C[C@H](C)O1. The normalized spacial score (nSPS) is 23.3. The number of halogens is 1. The number of ether oxygens (including phenoxy) is 1. The molecule has 4 rings (SSSR count). The first-order chi connectivity index (χ1) is 13.0. The molecular weight excluding hydrogens is 364 g/mol. The van der Waals surface area contributed by atoms with Gasteiger partial charge in [0.05, 0.1) is 17.9 Å². The quantitative estimate of drug-likeness (QED) is 0.875. The van der Waals surface area contributed by atoms with Gasteiger partial charge in [-0.2, -0.15) is 0 Å². The fraction of sp³-hybridized carbons (Fsp3) is 0.500. The zero-order valence-corrected chi connectivity index (χ0v) is 16.5. The first-order valence-corrected chi connectivity index (χ1v) is 9.85. The predicted octanol–water partition coefficient (Wildman–Crippen LogP) is 2.60. The lowest BCUT2D eigenvalue weighted by Crippen LogP contribution is -2.47. The Morgan fingerprint density at radius 2 is 2.00 bits per heavy atom. The topological polar surface area (TPSA) is 61.5 Å². The highest BCUT2D eigenvalue weighted by Gasteiger charge is 2.27.